The molecule has 4 heteroatoms. The molecular weight excluding hydrogens is 166 g/mol. The normalized spacial score (nSPS) is 10.5. The highest BCUT2D eigenvalue weighted by atomic mass is 16.5. The Labute approximate surface area is 78.1 Å². The molecule has 0 radical (unpaired) electrons. The Kier molecular flexibility index (Phi) is 3.33. The summed E-state index contributed by atoms with van der Waals surface area (Å²) in [5.41, 5.74) is 8.48. The van der Waals surface area contributed by atoms with Crippen molar-refractivity contribution < 1.29 is 4.74 Å². The van der Waals surface area contributed by atoms with Gasteiger partial charge in [-0.3, -0.25) is 0 Å². The summed E-state index contributed by atoms with van der Waals surface area (Å²) in [6.45, 7) is 4.82. The van der Waals surface area contributed by atoms with E-state index in [9.17, 15) is 0 Å². The van der Waals surface area contributed by atoms with E-state index in [1.807, 2.05) is 13.8 Å². The topological polar surface area (TPSA) is 61.0 Å². The number of rotatable bonds is 3. The fraction of sp³-hybridized carbons (Fsp3) is 0.556. The van der Waals surface area contributed by atoms with Crippen LogP contribution in [0.1, 0.15) is 22.8 Å². The second kappa shape index (κ2) is 4.30. The van der Waals surface area contributed by atoms with Crippen LogP contribution in [0.5, 0.6) is 0 Å². The fourth-order valence-corrected chi connectivity index (χ4v) is 1.30. The third-order valence-electron chi connectivity index (χ3n) is 1.94. The predicted octanol–water partition coefficient (Wildman–Crippen LogP) is 0.699. The molecule has 0 bridgehead atoms. The second-order valence-electron chi connectivity index (χ2n) is 2.93. The van der Waals surface area contributed by atoms with Crippen molar-refractivity contribution in [3.8, 4) is 0 Å². The second-order valence-corrected chi connectivity index (χ2v) is 2.93. The highest BCUT2D eigenvalue weighted by Gasteiger charge is 2.05. The maximum absolute atomic E-state index is 5.56. The van der Waals surface area contributed by atoms with Crippen LogP contribution in [-0.4, -0.2) is 17.1 Å². The zero-order valence-corrected chi connectivity index (χ0v) is 8.29. The van der Waals surface area contributed by atoms with Gasteiger partial charge in [0.15, 0.2) is 5.82 Å². The van der Waals surface area contributed by atoms with Gasteiger partial charge in [0.25, 0.3) is 0 Å². The van der Waals surface area contributed by atoms with Gasteiger partial charge < -0.3 is 10.5 Å². The molecule has 0 aliphatic heterocycles. The molecule has 13 heavy (non-hydrogen) atoms. The molecule has 2 N–H and O–H groups in total. The van der Waals surface area contributed by atoms with Gasteiger partial charge in [-0.05, 0) is 13.8 Å². The van der Waals surface area contributed by atoms with Crippen LogP contribution in [0.4, 0.5) is 0 Å². The number of nitrogens with zero attached hydrogens (tertiary/aromatic N) is 2. The summed E-state index contributed by atoms with van der Waals surface area (Å²) >= 11 is 0. The molecule has 1 aromatic rings. The first-order valence-electron chi connectivity index (χ1n) is 4.21. The number of hydrogen-bond acceptors (Lipinski definition) is 4. The molecule has 0 aliphatic carbocycles. The van der Waals surface area contributed by atoms with Gasteiger partial charge in [-0.1, -0.05) is 0 Å². The van der Waals surface area contributed by atoms with Crippen molar-refractivity contribution in [3.63, 3.8) is 0 Å². The van der Waals surface area contributed by atoms with Gasteiger partial charge in [-0.2, -0.15) is 0 Å². The smallest absolute Gasteiger partial charge is 0.154 e. The molecule has 0 fully saturated rings. The van der Waals surface area contributed by atoms with E-state index in [-0.39, 0.29) is 0 Å². The Morgan fingerprint density at radius 3 is 2.15 bits per heavy atom. The molecule has 0 saturated heterocycles. The first kappa shape index (κ1) is 10.1. The average Bonchev–Trinajstić information content (AvgIpc) is 2.04. The van der Waals surface area contributed by atoms with Gasteiger partial charge >= 0.3 is 0 Å². The molecule has 0 amide bonds. The molecule has 72 valence electrons. The minimum Gasteiger partial charge on any atom is -0.377 e. The Morgan fingerprint density at radius 1 is 1.23 bits per heavy atom. The first-order chi connectivity index (χ1) is 6.19. The van der Waals surface area contributed by atoms with Gasteiger partial charge in [0.05, 0.1) is 0 Å². The summed E-state index contributed by atoms with van der Waals surface area (Å²) in [5.74, 6) is 0.717. The summed E-state index contributed by atoms with van der Waals surface area (Å²) in [5, 5.41) is 0. The van der Waals surface area contributed by atoms with E-state index in [1.54, 1.807) is 7.11 Å². The lowest BCUT2D eigenvalue weighted by atomic mass is 10.2. The van der Waals surface area contributed by atoms with Crippen molar-refractivity contribution in [1.82, 2.24) is 9.97 Å². The Balaban J connectivity index is 3.05. The maximum Gasteiger partial charge on any atom is 0.154 e. The summed E-state index contributed by atoms with van der Waals surface area (Å²) < 4.78 is 4.96. The van der Waals surface area contributed by atoms with Crippen molar-refractivity contribution in [3.05, 3.63) is 22.8 Å². The van der Waals surface area contributed by atoms with E-state index < -0.39 is 0 Å². The minimum atomic E-state index is 0.451. The van der Waals surface area contributed by atoms with Crippen molar-refractivity contribution in [2.24, 2.45) is 5.73 Å². The van der Waals surface area contributed by atoms with Crippen LogP contribution < -0.4 is 5.73 Å². The molecule has 0 unspecified atom stereocenters. The molecule has 0 atom stereocenters. The number of nitrogens with two attached hydrogens (primary N) is 1. The number of hydrogen-bond donors (Lipinski definition) is 1. The van der Waals surface area contributed by atoms with Crippen LogP contribution in [0.15, 0.2) is 0 Å². The zero-order chi connectivity index (χ0) is 9.84. The van der Waals surface area contributed by atoms with Crippen LogP contribution in [0.3, 0.4) is 0 Å². The fourth-order valence-electron chi connectivity index (χ4n) is 1.30. The molecular formula is C9H15N3O. The number of aromatic nitrogens is 2. The molecule has 0 spiro atoms. The van der Waals surface area contributed by atoms with Gasteiger partial charge in [0, 0.05) is 30.6 Å². The lowest BCUT2D eigenvalue weighted by Gasteiger charge is -2.07. The largest absolute Gasteiger partial charge is 0.377 e. The van der Waals surface area contributed by atoms with Crippen molar-refractivity contribution >= 4 is 0 Å². The highest BCUT2D eigenvalue weighted by Crippen LogP contribution is 2.09. The quantitative estimate of drug-likeness (QED) is 0.745. The van der Waals surface area contributed by atoms with E-state index >= 15 is 0 Å². The van der Waals surface area contributed by atoms with E-state index in [4.69, 9.17) is 10.5 Å². The van der Waals surface area contributed by atoms with E-state index in [0.717, 1.165) is 22.8 Å². The third kappa shape index (κ3) is 2.23. The Hall–Kier alpha value is -1.00. The minimum absolute atomic E-state index is 0.451. The van der Waals surface area contributed by atoms with Gasteiger partial charge in [0.1, 0.15) is 6.61 Å². The predicted molar refractivity (Wildman–Crippen MR) is 50.1 cm³/mol. The SMILES string of the molecule is COCc1nc(C)c(CN)c(C)n1. The van der Waals surface area contributed by atoms with E-state index in [0.29, 0.717) is 13.2 Å². The van der Waals surface area contributed by atoms with Crippen LogP contribution in [0, 0.1) is 13.8 Å². The van der Waals surface area contributed by atoms with E-state index in [1.165, 1.54) is 0 Å². The van der Waals surface area contributed by atoms with Crippen LogP contribution >= 0.6 is 0 Å². The lowest BCUT2D eigenvalue weighted by Crippen LogP contribution is -2.09. The van der Waals surface area contributed by atoms with Gasteiger partial charge in [0.2, 0.25) is 0 Å². The standard InChI is InChI=1S/C9H15N3O/c1-6-8(4-10)7(2)12-9(11-6)5-13-3/h4-5,10H2,1-3H3. The van der Waals surface area contributed by atoms with Crippen LogP contribution in [0.25, 0.3) is 0 Å². The monoisotopic (exact) mass is 181 g/mol. The van der Waals surface area contributed by atoms with Gasteiger partial charge in [-0.25, -0.2) is 9.97 Å². The number of methoxy groups -OCH3 is 1. The van der Waals surface area contributed by atoms with Crippen LogP contribution in [0.2, 0.25) is 0 Å². The summed E-state index contributed by atoms with van der Waals surface area (Å²) in [4.78, 5) is 8.56. The molecule has 0 aliphatic rings. The van der Waals surface area contributed by atoms with E-state index in [2.05, 4.69) is 9.97 Å². The molecule has 0 saturated carbocycles. The lowest BCUT2D eigenvalue weighted by molar-refractivity contribution is 0.177. The summed E-state index contributed by atoms with van der Waals surface area (Å²) in [6, 6.07) is 0. The maximum atomic E-state index is 5.56. The highest BCUT2D eigenvalue weighted by molar-refractivity contribution is 5.23. The first-order valence-corrected chi connectivity index (χ1v) is 4.21. The molecule has 1 aromatic heterocycles. The molecule has 1 rings (SSSR count). The Bertz CT molecular complexity index is 276. The average molecular weight is 181 g/mol. The van der Waals surface area contributed by atoms with Crippen LogP contribution in [-0.2, 0) is 17.9 Å². The third-order valence-corrected chi connectivity index (χ3v) is 1.94. The zero-order valence-electron chi connectivity index (χ0n) is 8.29. The summed E-state index contributed by atoms with van der Waals surface area (Å²) in [6.07, 6.45) is 0. The number of ether oxygens (including phenoxy) is 1. The van der Waals surface area contributed by atoms with Gasteiger partial charge in [-0.15, -0.1) is 0 Å². The van der Waals surface area contributed by atoms with Crippen molar-refractivity contribution in [2.45, 2.75) is 27.0 Å². The van der Waals surface area contributed by atoms with Crippen molar-refractivity contribution in [1.29, 1.82) is 0 Å². The molecule has 1 heterocycles. The Morgan fingerprint density at radius 2 is 1.77 bits per heavy atom. The molecule has 0 aromatic carbocycles. The van der Waals surface area contributed by atoms with Crippen molar-refractivity contribution in [2.75, 3.05) is 7.11 Å². The summed E-state index contributed by atoms with van der Waals surface area (Å²) in [7, 11) is 1.63. The molecule has 4 nitrogen and oxygen atoms in total. The number of aryl methyl sites for hydroxylation is 2.